The number of carboxylic acid groups (broad SMARTS) is 1. The summed E-state index contributed by atoms with van der Waals surface area (Å²) in [5.74, 6) is -1.51. The molecule has 3 saturated carbocycles. The number of aliphatic carboxylic acids is 1. The molecule has 0 aromatic carbocycles. The van der Waals surface area contributed by atoms with Crippen LogP contribution in [0.1, 0.15) is 200 Å². The number of aliphatic hydroxyl groups excluding tert-OH is 2. The van der Waals surface area contributed by atoms with Crippen LogP contribution in [-0.2, 0) is 4.79 Å². The first-order valence-electron chi connectivity index (χ1n) is 18.2. The van der Waals surface area contributed by atoms with Crippen LogP contribution >= 0.6 is 0 Å². The van der Waals surface area contributed by atoms with E-state index in [1.54, 1.807) is 6.92 Å². The summed E-state index contributed by atoms with van der Waals surface area (Å²) in [7, 11) is 0. The van der Waals surface area contributed by atoms with Gasteiger partial charge in [-0.2, -0.15) is 0 Å². The summed E-state index contributed by atoms with van der Waals surface area (Å²) >= 11 is 0. The summed E-state index contributed by atoms with van der Waals surface area (Å²) in [4.78, 5) is 10.1. The first-order chi connectivity index (χ1) is 20.1. The van der Waals surface area contributed by atoms with Gasteiger partial charge in [0.05, 0.1) is 13.2 Å². The van der Waals surface area contributed by atoms with Crippen LogP contribution in [0.2, 0.25) is 0 Å². The van der Waals surface area contributed by atoms with Crippen LogP contribution in [0, 0.1) is 5.92 Å². The Morgan fingerprint density at radius 2 is 0.585 bits per heavy atom. The highest BCUT2D eigenvalue weighted by molar-refractivity contribution is 5.80. The molecule has 244 valence electrons. The van der Waals surface area contributed by atoms with Crippen molar-refractivity contribution in [2.45, 2.75) is 200 Å². The molecule has 4 nitrogen and oxygen atoms in total. The lowest BCUT2D eigenvalue weighted by molar-refractivity contribution is -0.131. The van der Waals surface area contributed by atoms with Gasteiger partial charge in [0.2, 0.25) is 0 Å². The Labute approximate surface area is 256 Å². The van der Waals surface area contributed by atoms with Crippen molar-refractivity contribution in [3.05, 3.63) is 11.6 Å². The Morgan fingerprint density at radius 1 is 0.439 bits per heavy atom. The second-order valence-corrected chi connectivity index (χ2v) is 12.9. The fourth-order valence-electron chi connectivity index (χ4n) is 5.96. The molecule has 0 bridgehead atoms. The van der Waals surface area contributed by atoms with Crippen molar-refractivity contribution in [2.24, 2.45) is 5.92 Å². The average molecular weight is 581 g/mol. The highest BCUT2D eigenvalue weighted by atomic mass is 16.4. The Balaban J connectivity index is 0.000000520. The van der Waals surface area contributed by atoms with Gasteiger partial charge in [0.25, 0.3) is 0 Å². The third kappa shape index (κ3) is 31.9. The summed E-state index contributed by atoms with van der Waals surface area (Å²) in [6.45, 7) is 1.10. The standard InChI is InChI=1S/3C10H20.C7H12O4/c3*1-2-4-6-8-10-9-7-5-3-1;1-5(2-7(10)11)6(3-8)4-9/h3*1-10H2;2,6,8-9H,3-4H2,1H3,(H,10,11). The average Bonchev–Trinajstić information content (AvgIpc) is 2.99. The Bertz CT molecular complexity index is 408. The van der Waals surface area contributed by atoms with Crippen LogP contribution in [0.15, 0.2) is 11.6 Å². The molecule has 41 heavy (non-hydrogen) atoms. The second-order valence-electron chi connectivity index (χ2n) is 12.9. The molecule has 0 heterocycles. The summed E-state index contributed by atoms with van der Waals surface area (Å²) < 4.78 is 0. The minimum atomic E-state index is -1.06. The van der Waals surface area contributed by atoms with Crippen LogP contribution in [0.4, 0.5) is 0 Å². The number of carbonyl (C=O) groups is 1. The summed E-state index contributed by atoms with van der Waals surface area (Å²) in [5, 5.41) is 25.5. The van der Waals surface area contributed by atoms with E-state index in [0.717, 1.165) is 6.08 Å². The molecule has 0 amide bonds. The van der Waals surface area contributed by atoms with Crippen molar-refractivity contribution in [1.29, 1.82) is 0 Å². The monoisotopic (exact) mass is 581 g/mol. The van der Waals surface area contributed by atoms with Gasteiger partial charge in [0.15, 0.2) is 0 Å². The Kier molecular flexibility index (Phi) is 32.9. The fourth-order valence-corrected chi connectivity index (χ4v) is 5.96. The molecule has 3 rings (SSSR count). The molecule has 3 aliphatic rings. The highest BCUT2D eigenvalue weighted by Gasteiger charge is 2.08. The van der Waals surface area contributed by atoms with Crippen molar-refractivity contribution in [3.8, 4) is 0 Å². The number of aliphatic hydroxyl groups is 2. The van der Waals surface area contributed by atoms with E-state index in [1.165, 1.54) is 193 Å². The highest BCUT2D eigenvalue weighted by Crippen LogP contribution is 2.17. The third-order valence-corrected chi connectivity index (χ3v) is 8.94. The summed E-state index contributed by atoms with van der Waals surface area (Å²) in [6, 6.07) is 0. The van der Waals surface area contributed by atoms with Gasteiger partial charge < -0.3 is 15.3 Å². The lowest BCUT2D eigenvalue weighted by Gasteiger charge is -2.09. The Morgan fingerprint density at radius 3 is 0.683 bits per heavy atom. The predicted octanol–water partition coefficient (Wildman–Crippen LogP) is 11.3. The zero-order valence-corrected chi connectivity index (χ0v) is 27.5. The van der Waals surface area contributed by atoms with Crippen LogP contribution in [0.3, 0.4) is 0 Å². The van der Waals surface area contributed by atoms with Gasteiger partial charge in [-0.3, -0.25) is 0 Å². The molecule has 0 aliphatic heterocycles. The Hall–Kier alpha value is -0.870. The number of hydrogen-bond acceptors (Lipinski definition) is 3. The van der Waals surface area contributed by atoms with E-state index in [9.17, 15) is 4.79 Å². The van der Waals surface area contributed by atoms with Gasteiger partial charge in [-0.1, -0.05) is 198 Å². The van der Waals surface area contributed by atoms with Gasteiger partial charge in [-0.25, -0.2) is 4.79 Å². The SMILES string of the molecule is C1CCCCCCCCC1.C1CCCCCCCCC1.C1CCCCCCCCC1.CC(=CC(=O)O)C(CO)CO. The molecule has 0 radical (unpaired) electrons. The van der Waals surface area contributed by atoms with E-state index < -0.39 is 11.9 Å². The van der Waals surface area contributed by atoms with Gasteiger partial charge in [-0.15, -0.1) is 0 Å². The largest absolute Gasteiger partial charge is 0.478 e. The van der Waals surface area contributed by atoms with Gasteiger partial charge in [0, 0.05) is 12.0 Å². The zero-order valence-electron chi connectivity index (χ0n) is 27.5. The van der Waals surface area contributed by atoms with Crippen molar-refractivity contribution in [1.82, 2.24) is 0 Å². The van der Waals surface area contributed by atoms with E-state index in [1.807, 2.05) is 0 Å². The second kappa shape index (κ2) is 33.6. The van der Waals surface area contributed by atoms with E-state index in [0.29, 0.717) is 5.57 Å². The van der Waals surface area contributed by atoms with Crippen LogP contribution in [0.25, 0.3) is 0 Å². The molecule has 3 aliphatic carbocycles. The van der Waals surface area contributed by atoms with Gasteiger partial charge in [-0.05, 0) is 6.92 Å². The van der Waals surface area contributed by atoms with Gasteiger partial charge in [0.1, 0.15) is 0 Å². The van der Waals surface area contributed by atoms with Crippen LogP contribution in [-0.4, -0.2) is 34.5 Å². The van der Waals surface area contributed by atoms with Crippen LogP contribution in [0.5, 0.6) is 0 Å². The van der Waals surface area contributed by atoms with Gasteiger partial charge >= 0.3 is 5.97 Å². The molecule has 4 heteroatoms. The summed E-state index contributed by atoms with van der Waals surface area (Å²) in [6.07, 6.45) is 46.0. The van der Waals surface area contributed by atoms with Crippen molar-refractivity contribution >= 4 is 5.97 Å². The van der Waals surface area contributed by atoms with E-state index in [4.69, 9.17) is 15.3 Å². The quantitative estimate of drug-likeness (QED) is 0.289. The molecule has 0 aromatic rings. The number of hydrogen-bond donors (Lipinski definition) is 3. The van der Waals surface area contributed by atoms with E-state index in [2.05, 4.69) is 0 Å². The maximum Gasteiger partial charge on any atom is 0.328 e. The van der Waals surface area contributed by atoms with Crippen LogP contribution < -0.4 is 0 Å². The minimum Gasteiger partial charge on any atom is -0.478 e. The maximum atomic E-state index is 10.1. The molecule has 0 saturated heterocycles. The minimum absolute atomic E-state index is 0.230. The fraction of sp³-hybridized carbons (Fsp3) is 0.919. The molecular formula is C37H72O4. The molecule has 0 spiro atoms. The van der Waals surface area contributed by atoms with E-state index >= 15 is 0 Å². The zero-order chi connectivity index (χ0) is 30.1. The topological polar surface area (TPSA) is 77.8 Å². The number of carboxylic acids is 1. The third-order valence-electron chi connectivity index (χ3n) is 8.94. The normalized spacial score (nSPS) is 20.8. The lowest BCUT2D eigenvalue weighted by Crippen LogP contribution is -2.13. The lowest BCUT2D eigenvalue weighted by atomic mass is 10.0. The molecule has 3 N–H and O–H groups in total. The molecule has 0 atom stereocenters. The summed E-state index contributed by atoms with van der Waals surface area (Å²) in [5.41, 5.74) is 0.475. The molecular weight excluding hydrogens is 508 g/mol. The van der Waals surface area contributed by atoms with Crippen molar-refractivity contribution in [3.63, 3.8) is 0 Å². The first kappa shape index (κ1) is 40.1. The molecule has 0 aromatic heterocycles. The molecule has 3 fully saturated rings. The van der Waals surface area contributed by atoms with Crippen molar-refractivity contribution < 1.29 is 20.1 Å². The number of rotatable bonds is 4. The smallest absolute Gasteiger partial charge is 0.328 e. The molecule has 0 unspecified atom stereocenters. The maximum absolute atomic E-state index is 10.1. The van der Waals surface area contributed by atoms with E-state index in [-0.39, 0.29) is 13.2 Å². The predicted molar refractivity (Wildman–Crippen MR) is 178 cm³/mol. The van der Waals surface area contributed by atoms with Crippen molar-refractivity contribution in [2.75, 3.05) is 13.2 Å². The first-order valence-corrected chi connectivity index (χ1v) is 18.2.